The van der Waals surface area contributed by atoms with Gasteiger partial charge in [0.1, 0.15) is 17.3 Å². The molecule has 4 heterocycles. The Hall–Kier alpha value is -2.70. The minimum Gasteiger partial charge on any atom is -0.340 e. The molecule has 0 spiro atoms. The molecule has 3 aromatic rings. The molecule has 1 atom stereocenters. The van der Waals surface area contributed by atoms with Crippen LogP contribution in [0.1, 0.15) is 36.2 Å². The molecule has 0 N–H and O–H groups in total. The summed E-state index contributed by atoms with van der Waals surface area (Å²) in [6, 6.07) is 6.06. The van der Waals surface area contributed by atoms with Crippen molar-refractivity contribution in [3.8, 4) is 0 Å². The van der Waals surface area contributed by atoms with E-state index in [2.05, 4.69) is 15.1 Å². The van der Waals surface area contributed by atoms with Crippen LogP contribution < -0.4 is 0 Å². The highest BCUT2D eigenvalue weighted by atomic mass is 16.2. The lowest BCUT2D eigenvalue weighted by molar-refractivity contribution is -0.132. The molecule has 0 aliphatic carbocycles. The summed E-state index contributed by atoms with van der Waals surface area (Å²) in [5.74, 6) is 1.82. The van der Waals surface area contributed by atoms with E-state index in [1.165, 1.54) is 0 Å². The van der Waals surface area contributed by atoms with Crippen molar-refractivity contribution in [2.45, 2.75) is 39.2 Å². The van der Waals surface area contributed by atoms with Crippen LogP contribution in [0.2, 0.25) is 0 Å². The fourth-order valence-electron chi connectivity index (χ4n) is 3.60. The summed E-state index contributed by atoms with van der Waals surface area (Å²) in [5, 5.41) is 4.49. The minimum absolute atomic E-state index is 0.127. The lowest BCUT2D eigenvalue weighted by Gasteiger charge is -2.33. The zero-order chi connectivity index (χ0) is 17.4. The fraction of sp³-hybridized carbons (Fsp3) is 0.444. The lowest BCUT2D eigenvalue weighted by atomic mass is 10.1. The molecular weight excluding hydrogens is 316 g/mol. The first kappa shape index (κ1) is 15.8. The van der Waals surface area contributed by atoms with Crippen LogP contribution in [0.4, 0.5) is 0 Å². The molecule has 0 radical (unpaired) electrons. The van der Waals surface area contributed by atoms with E-state index < -0.39 is 0 Å². The molecule has 7 heteroatoms. The van der Waals surface area contributed by atoms with E-state index in [9.17, 15) is 4.79 Å². The third kappa shape index (κ3) is 3.14. The number of hydrogen-bond acceptors (Lipinski definition) is 4. The molecule has 25 heavy (non-hydrogen) atoms. The molecule has 7 nitrogen and oxygen atoms in total. The maximum absolute atomic E-state index is 12.7. The SMILES string of the molecule is Cc1nc(C)n([C@H]2CCCN(C(=O)Cc3cn4ccccc4n3)C2)n1. The van der Waals surface area contributed by atoms with Gasteiger partial charge in [-0.05, 0) is 38.8 Å². The number of aromatic nitrogens is 5. The van der Waals surface area contributed by atoms with Gasteiger partial charge in [0.2, 0.25) is 5.91 Å². The standard InChI is InChI=1S/C18H22N6O/c1-13-19-14(2)24(21-13)16-6-5-9-23(12-16)18(25)10-15-11-22-8-4-3-7-17(22)20-15/h3-4,7-8,11,16H,5-6,9-10,12H2,1-2H3/t16-/m0/s1. The predicted octanol–water partition coefficient (Wildman–Crippen LogP) is 1.95. The average Bonchev–Trinajstić information content (AvgIpc) is 3.16. The molecule has 130 valence electrons. The summed E-state index contributed by atoms with van der Waals surface area (Å²) in [7, 11) is 0. The number of carbonyl (C=O) groups is 1. The van der Waals surface area contributed by atoms with Gasteiger partial charge in [-0.3, -0.25) is 4.79 Å². The molecule has 4 rings (SSSR count). The number of rotatable bonds is 3. The van der Waals surface area contributed by atoms with Crippen LogP contribution in [0, 0.1) is 13.8 Å². The van der Waals surface area contributed by atoms with Gasteiger partial charge in [-0.15, -0.1) is 0 Å². The van der Waals surface area contributed by atoms with Crippen molar-refractivity contribution < 1.29 is 4.79 Å². The third-order valence-corrected chi connectivity index (χ3v) is 4.75. The van der Waals surface area contributed by atoms with Crippen LogP contribution in [-0.4, -0.2) is 48.0 Å². The van der Waals surface area contributed by atoms with Crippen LogP contribution in [0.15, 0.2) is 30.6 Å². The Bertz CT molecular complexity index is 878. The molecule has 1 saturated heterocycles. The maximum Gasteiger partial charge on any atom is 0.228 e. The van der Waals surface area contributed by atoms with Crippen LogP contribution in [-0.2, 0) is 11.2 Å². The number of nitrogens with zero attached hydrogens (tertiary/aromatic N) is 6. The molecule has 0 saturated carbocycles. The molecule has 3 aromatic heterocycles. The normalized spacial score (nSPS) is 18.0. The monoisotopic (exact) mass is 338 g/mol. The Morgan fingerprint density at radius 1 is 1.28 bits per heavy atom. The van der Waals surface area contributed by atoms with E-state index in [-0.39, 0.29) is 11.9 Å². The van der Waals surface area contributed by atoms with Crippen LogP contribution in [0.3, 0.4) is 0 Å². The van der Waals surface area contributed by atoms with Crippen molar-refractivity contribution in [1.82, 2.24) is 29.0 Å². The quantitative estimate of drug-likeness (QED) is 0.732. The van der Waals surface area contributed by atoms with Crippen molar-refractivity contribution >= 4 is 11.6 Å². The van der Waals surface area contributed by atoms with Gasteiger partial charge in [-0.1, -0.05) is 6.07 Å². The van der Waals surface area contributed by atoms with Gasteiger partial charge in [0.05, 0.1) is 18.2 Å². The second kappa shape index (κ2) is 6.31. The first-order chi connectivity index (χ1) is 12.1. The fourth-order valence-corrected chi connectivity index (χ4v) is 3.60. The smallest absolute Gasteiger partial charge is 0.228 e. The number of fused-ring (bicyclic) bond motifs is 1. The number of likely N-dealkylation sites (tertiary alicyclic amines) is 1. The third-order valence-electron chi connectivity index (χ3n) is 4.75. The average molecular weight is 338 g/mol. The number of pyridine rings is 1. The first-order valence-electron chi connectivity index (χ1n) is 8.70. The van der Waals surface area contributed by atoms with Gasteiger partial charge >= 0.3 is 0 Å². The van der Waals surface area contributed by atoms with Gasteiger partial charge in [0.25, 0.3) is 0 Å². The van der Waals surface area contributed by atoms with Crippen molar-refractivity contribution in [1.29, 1.82) is 0 Å². The lowest BCUT2D eigenvalue weighted by Crippen LogP contribution is -2.42. The van der Waals surface area contributed by atoms with Crippen molar-refractivity contribution in [3.05, 3.63) is 47.9 Å². The topological polar surface area (TPSA) is 68.3 Å². The number of aryl methyl sites for hydroxylation is 2. The Morgan fingerprint density at radius 3 is 2.92 bits per heavy atom. The van der Waals surface area contributed by atoms with E-state index in [1.54, 1.807) is 0 Å². The Morgan fingerprint density at radius 2 is 2.16 bits per heavy atom. The minimum atomic E-state index is 0.127. The molecule has 0 aromatic carbocycles. The highest BCUT2D eigenvalue weighted by molar-refractivity contribution is 5.78. The Kier molecular flexibility index (Phi) is 3.99. The van der Waals surface area contributed by atoms with E-state index >= 15 is 0 Å². The Balaban J connectivity index is 1.47. The molecule has 1 amide bonds. The second-order valence-corrected chi connectivity index (χ2v) is 6.66. The number of piperidine rings is 1. The highest BCUT2D eigenvalue weighted by Crippen LogP contribution is 2.22. The first-order valence-corrected chi connectivity index (χ1v) is 8.70. The summed E-state index contributed by atoms with van der Waals surface area (Å²) in [5.41, 5.74) is 1.68. The van der Waals surface area contributed by atoms with E-state index in [4.69, 9.17) is 0 Å². The maximum atomic E-state index is 12.7. The van der Waals surface area contributed by atoms with E-state index in [1.807, 2.05) is 58.4 Å². The summed E-state index contributed by atoms with van der Waals surface area (Å²) >= 11 is 0. The number of imidazole rings is 1. The van der Waals surface area contributed by atoms with Crippen molar-refractivity contribution in [3.63, 3.8) is 0 Å². The predicted molar refractivity (Wildman–Crippen MR) is 93.2 cm³/mol. The molecule has 0 bridgehead atoms. The van der Waals surface area contributed by atoms with Gasteiger partial charge in [-0.25, -0.2) is 14.6 Å². The summed E-state index contributed by atoms with van der Waals surface area (Å²) < 4.78 is 3.92. The molecule has 1 aliphatic heterocycles. The Labute approximate surface area is 146 Å². The largest absolute Gasteiger partial charge is 0.340 e. The van der Waals surface area contributed by atoms with E-state index in [0.29, 0.717) is 13.0 Å². The van der Waals surface area contributed by atoms with Crippen LogP contribution in [0.25, 0.3) is 5.65 Å². The highest BCUT2D eigenvalue weighted by Gasteiger charge is 2.27. The zero-order valence-corrected chi connectivity index (χ0v) is 14.6. The van der Waals surface area contributed by atoms with Crippen molar-refractivity contribution in [2.75, 3.05) is 13.1 Å². The molecular formula is C18H22N6O. The van der Waals surface area contributed by atoms with Crippen LogP contribution >= 0.6 is 0 Å². The summed E-state index contributed by atoms with van der Waals surface area (Å²) in [6.45, 7) is 5.36. The molecule has 0 unspecified atom stereocenters. The second-order valence-electron chi connectivity index (χ2n) is 6.66. The summed E-state index contributed by atoms with van der Waals surface area (Å²) in [4.78, 5) is 23.6. The summed E-state index contributed by atoms with van der Waals surface area (Å²) in [6.07, 6.45) is 6.23. The van der Waals surface area contributed by atoms with Gasteiger partial charge in [0, 0.05) is 25.5 Å². The molecule has 1 aliphatic rings. The van der Waals surface area contributed by atoms with Gasteiger partial charge < -0.3 is 9.30 Å². The van der Waals surface area contributed by atoms with Crippen molar-refractivity contribution in [2.24, 2.45) is 0 Å². The van der Waals surface area contributed by atoms with Crippen LogP contribution in [0.5, 0.6) is 0 Å². The van der Waals surface area contributed by atoms with Gasteiger partial charge in [-0.2, -0.15) is 5.10 Å². The van der Waals surface area contributed by atoms with Gasteiger partial charge in [0.15, 0.2) is 0 Å². The zero-order valence-electron chi connectivity index (χ0n) is 14.6. The number of carbonyl (C=O) groups excluding carboxylic acids is 1. The van der Waals surface area contributed by atoms with E-state index in [0.717, 1.165) is 42.4 Å². The number of amides is 1. The number of hydrogen-bond donors (Lipinski definition) is 0. The molecule has 1 fully saturated rings.